The largest absolute Gasteiger partial charge is 0.502 e. The summed E-state index contributed by atoms with van der Waals surface area (Å²) >= 11 is 0. The maximum absolute atomic E-state index is 10.1. The minimum atomic E-state index is -0.630. The SMILES string of the molecule is Nc1ccccc1N.O=[N+]([O-])c1ccccc1O. The van der Waals surface area contributed by atoms with Gasteiger partial charge in [0.1, 0.15) is 0 Å². The van der Waals surface area contributed by atoms with Gasteiger partial charge in [0.15, 0.2) is 5.75 Å². The maximum atomic E-state index is 10.1. The molecule has 6 heteroatoms. The standard InChI is InChI=1S/C6H8N2.C6H5NO3/c7-5-3-1-2-4-6(5)8;8-6-4-2-1-3-5(6)7(9)10/h1-4H,7-8H2;1-4,8H. The summed E-state index contributed by atoms with van der Waals surface area (Å²) in [6.07, 6.45) is 0. The lowest BCUT2D eigenvalue weighted by Gasteiger charge is -1.94. The Morgan fingerprint density at radius 3 is 1.72 bits per heavy atom. The fourth-order valence-corrected chi connectivity index (χ4v) is 1.13. The van der Waals surface area contributed by atoms with Gasteiger partial charge >= 0.3 is 5.69 Å². The molecule has 0 atom stereocenters. The Balaban J connectivity index is 0.000000184. The normalized spacial score (nSPS) is 9.11. The summed E-state index contributed by atoms with van der Waals surface area (Å²) in [5, 5.41) is 18.9. The Kier molecular flexibility index (Phi) is 4.50. The van der Waals surface area contributed by atoms with E-state index in [1.54, 1.807) is 12.1 Å². The Hall–Kier alpha value is -2.76. The van der Waals surface area contributed by atoms with Gasteiger partial charge in [0, 0.05) is 6.07 Å². The van der Waals surface area contributed by atoms with E-state index >= 15 is 0 Å². The smallest absolute Gasteiger partial charge is 0.310 e. The monoisotopic (exact) mass is 247 g/mol. The summed E-state index contributed by atoms with van der Waals surface area (Å²) in [5.41, 5.74) is 11.8. The number of hydrogen-bond acceptors (Lipinski definition) is 5. The van der Waals surface area contributed by atoms with Crippen molar-refractivity contribution >= 4 is 17.1 Å². The summed E-state index contributed by atoms with van der Waals surface area (Å²) in [6, 6.07) is 12.8. The molecule has 94 valence electrons. The fraction of sp³-hybridized carbons (Fsp3) is 0. The molecule has 0 saturated carbocycles. The molecule has 0 aliphatic carbocycles. The van der Waals surface area contributed by atoms with Crippen molar-refractivity contribution in [2.45, 2.75) is 0 Å². The van der Waals surface area contributed by atoms with Gasteiger partial charge in [-0.25, -0.2) is 0 Å². The van der Waals surface area contributed by atoms with E-state index in [9.17, 15) is 10.1 Å². The first kappa shape index (κ1) is 13.3. The van der Waals surface area contributed by atoms with Gasteiger partial charge in [-0.2, -0.15) is 0 Å². The first-order valence-corrected chi connectivity index (χ1v) is 5.04. The molecule has 0 bridgehead atoms. The van der Waals surface area contributed by atoms with Gasteiger partial charge in [-0.1, -0.05) is 24.3 Å². The van der Waals surface area contributed by atoms with E-state index in [0.717, 1.165) is 0 Å². The van der Waals surface area contributed by atoms with E-state index in [1.165, 1.54) is 24.3 Å². The number of benzene rings is 2. The van der Waals surface area contributed by atoms with Crippen molar-refractivity contribution in [3.05, 3.63) is 58.6 Å². The quantitative estimate of drug-likeness (QED) is 0.405. The molecule has 5 N–H and O–H groups in total. The average molecular weight is 247 g/mol. The average Bonchev–Trinajstić information content (AvgIpc) is 2.34. The van der Waals surface area contributed by atoms with E-state index in [2.05, 4.69) is 0 Å². The van der Waals surface area contributed by atoms with Crippen molar-refractivity contribution in [2.24, 2.45) is 0 Å². The lowest BCUT2D eigenvalue weighted by Crippen LogP contribution is -1.91. The van der Waals surface area contributed by atoms with Crippen LogP contribution in [0, 0.1) is 10.1 Å². The predicted octanol–water partition coefficient (Wildman–Crippen LogP) is 2.15. The van der Waals surface area contributed by atoms with Gasteiger partial charge in [-0.05, 0) is 18.2 Å². The summed E-state index contributed by atoms with van der Waals surface area (Å²) in [5.74, 6) is -0.299. The van der Waals surface area contributed by atoms with E-state index < -0.39 is 4.92 Å². The van der Waals surface area contributed by atoms with Crippen LogP contribution in [-0.4, -0.2) is 10.0 Å². The highest BCUT2D eigenvalue weighted by Crippen LogP contribution is 2.23. The van der Waals surface area contributed by atoms with Crippen LogP contribution in [0.15, 0.2) is 48.5 Å². The summed E-state index contributed by atoms with van der Waals surface area (Å²) in [7, 11) is 0. The zero-order valence-electron chi connectivity index (χ0n) is 9.48. The van der Waals surface area contributed by atoms with Crippen LogP contribution in [0.4, 0.5) is 17.1 Å². The van der Waals surface area contributed by atoms with E-state index in [-0.39, 0.29) is 11.4 Å². The number of nitro groups is 1. The molecular formula is C12H13N3O3. The number of phenolic OH excluding ortho intramolecular Hbond substituents is 1. The third-order valence-electron chi connectivity index (χ3n) is 2.07. The van der Waals surface area contributed by atoms with Crippen LogP contribution in [0.25, 0.3) is 0 Å². The topological polar surface area (TPSA) is 115 Å². The van der Waals surface area contributed by atoms with Gasteiger partial charge < -0.3 is 16.6 Å². The Labute approximate surface area is 104 Å². The summed E-state index contributed by atoms with van der Waals surface area (Å²) in [6.45, 7) is 0. The van der Waals surface area contributed by atoms with E-state index in [1.807, 2.05) is 12.1 Å². The zero-order chi connectivity index (χ0) is 13.5. The maximum Gasteiger partial charge on any atom is 0.310 e. The molecule has 0 unspecified atom stereocenters. The number of nitrogens with zero attached hydrogens (tertiary/aromatic N) is 1. The molecule has 0 aliphatic heterocycles. The third-order valence-corrected chi connectivity index (χ3v) is 2.07. The highest BCUT2D eigenvalue weighted by molar-refractivity contribution is 5.62. The molecule has 2 aromatic carbocycles. The van der Waals surface area contributed by atoms with Crippen molar-refractivity contribution in [3.8, 4) is 5.75 Å². The number of aromatic hydroxyl groups is 1. The molecule has 2 rings (SSSR count). The molecule has 0 radical (unpaired) electrons. The number of nitro benzene ring substituents is 1. The predicted molar refractivity (Wildman–Crippen MR) is 70.0 cm³/mol. The van der Waals surface area contributed by atoms with Crippen LogP contribution in [0.5, 0.6) is 5.75 Å². The molecule has 0 saturated heterocycles. The molecule has 18 heavy (non-hydrogen) atoms. The first-order chi connectivity index (χ1) is 8.52. The van der Waals surface area contributed by atoms with Gasteiger partial charge in [0.05, 0.1) is 16.3 Å². The molecule has 0 amide bonds. The Bertz CT molecular complexity index is 523. The minimum Gasteiger partial charge on any atom is -0.502 e. The Morgan fingerprint density at radius 2 is 1.39 bits per heavy atom. The molecular weight excluding hydrogens is 234 g/mol. The number of hydrogen-bond donors (Lipinski definition) is 3. The number of para-hydroxylation sites is 4. The highest BCUT2D eigenvalue weighted by Gasteiger charge is 2.09. The van der Waals surface area contributed by atoms with Crippen molar-refractivity contribution in [3.63, 3.8) is 0 Å². The van der Waals surface area contributed by atoms with Crippen LogP contribution >= 0.6 is 0 Å². The van der Waals surface area contributed by atoms with E-state index in [0.29, 0.717) is 11.4 Å². The second kappa shape index (κ2) is 6.09. The number of nitrogens with two attached hydrogens (primary N) is 2. The highest BCUT2D eigenvalue weighted by atomic mass is 16.6. The van der Waals surface area contributed by atoms with Gasteiger partial charge in [0.25, 0.3) is 0 Å². The zero-order valence-corrected chi connectivity index (χ0v) is 9.48. The van der Waals surface area contributed by atoms with Crippen LogP contribution < -0.4 is 11.5 Å². The lowest BCUT2D eigenvalue weighted by molar-refractivity contribution is -0.385. The molecule has 0 aliphatic rings. The van der Waals surface area contributed by atoms with Crippen molar-refractivity contribution < 1.29 is 10.0 Å². The second-order valence-corrected chi connectivity index (χ2v) is 3.37. The number of phenols is 1. The fourth-order valence-electron chi connectivity index (χ4n) is 1.13. The number of nitrogen functional groups attached to an aromatic ring is 2. The minimum absolute atomic E-state index is 0.262. The molecule has 6 nitrogen and oxygen atoms in total. The lowest BCUT2D eigenvalue weighted by atomic mass is 10.3. The van der Waals surface area contributed by atoms with Gasteiger partial charge in [0.2, 0.25) is 0 Å². The number of rotatable bonds is 1. The van der Waals surface area contributed by atoms with Gasteiger partial charge in [-0.3, -0.25) is 10.1 Å². The summed E-state index contributed by atoms with van der Waals surface area (Å²) < 4.78 is 0. The third kappa shape index (κ3) is 3.67. The molecule has 0 heterocycles. The second-order valence-electron chi connectivity index (χ2n) is 3.37. The molecule has 0 spiro atoms. The van der Waals surface area contributed by atoms with E-state index in [4.69, 9.17) is 16.6 Å². The van der Waals surface area contributed by atoms with Crippen LogP contribution in [-0.2, 0) is 0 Å². The van der Waals surface area contributed by atoms with Crippen LogP contribution in [0.2, 0.25) is 0 Å². The molecule has 0 fully saturated rings. The van der Waals surface area contributed by atoms with Crippen LogP contribution in [0.1, 0.15) is 0 Å². The molecule has 0 aromatic heterocycles. The molecule has 2 aromatic rings. The Morgan fingerprint density at radius 1 is 0.944 bits per heavy atom. The van der Waals surface area contributed by atoms with Crippen molar-refractivity contribution in [2.75, 3.05) is 11.5 Å². The first-order valence-electron chi connectivity index (χ1n) is 5.04. The summed E-state index contributed by atoms with van der Waals surface area (Å²) in [4.78, 5) is 9.44. The van der Waals surface area contributed by atoms with Crippen molar-refractivity contribution in [1.82, 2.24) is 0 Å². The number of anilines is 2. The van der Waals surface area contributed by atoms with Gasteiger partial charge in [-0.15, -0.1) is 0 Å². The van der Waals surface area contributed by atoms with Crippen LogP contribution in [0.3, 0.4) is 0 Å². The van der Waals surface area contributed by atoms with Crippen molar-refractivity contribution in [1.29, 1.82) is 0 Å².